The zero-order chi connectivity index (χ0) is 20.8. The SMILES string of the molecule is CCC(C)Cc1ccccc1Oc1ccc(NC(=O)c2ccc(C)nc2N)cc1. The lowest BCUT2D eigenvalue weighted by molar-refractivity contribution is 0.102. The molecule has 0 radical (unpaired) electrons. The molecule has 5 nitrogen and oxygen atoms in total. The number of benzene rings is 2. The van der Waals surface area contributed by atoms with Gasteiger partial charge in [0.15, 0.2) is 0 Å². The fraction of sp³-hybridized carbons (Fsp3) is 0.250. The molecule has 1 atom stereocenters. The van der Waals surface area contributed by atoms with Crippen LogP contribution < -0.4 is 15.8 Å². The third kappa shape index (κ3) is 5.35. The van der Waals surface area contributed by atoms with Gasteiger partial charge in [-0.1, -0.05) is 38.5 Å². The molecule has 0 saturated carbocycles. The van der Waals surface area contributed by atoms with Crippen LogP contribution in [-0.4, -0.2) is 10.9 Å². The smallest absolute Gasteiger partial charge is 0.259 e. The summed E-state index contributed by atoms with van der Waals surface area (Å²) >= 11 is 0. The summed E-state index contributed by atoms with van der Waals surface area (Å²) in [6.45, 7) is 6.27. The van der Waals surface area contributed by atoms with Gasteiger partial charge in [0.25, 0.3) is 5.91 Å². The molecule has 1 heterocycles. The van der Waals surface area contributed by atoms with E-state index in [1.165, 1.54) is 5.56 Å². The number of hydrogen-bond acceptors (Lipinski definition) is 4. The van der Waals surface area contributed by atoms with E-state index in [0.29, 0.717) is 17.2 Å². The summed E-state index contributed by atoms with van der Waals surface area (Å²) in [4.78, 5) is 16.6. The summed E-state index contributed by atoms with van der Waals surface area (Å²) in [5.74, 6) is 2.11. The number of para-hydroxylation sites is 1. The summed E-state index contributed by atoms with van der Waals surface area (Å²) in [5.41, 5.74) is 8.84. The number of nitrogens with two attached hydrogens (primary N) is 1. The van der Waals surface area contributed by atoms with Crippen molar-refractivity contribution in [2.75, 3.05) is 11.1 Å². The van der Waals surface area contributed by atoms with Crippen LogP contribution in [0.1, 0.15) is 41.9 Å². The molecule has 3 rings (SSSR count). The Hall–Kier alpha value is -3.34. The summed E-state index contributed by atoms with van der Waals surface area (Å²) in [6.07, 6.45) is 2.11. The van der Waals surface area contributed by atoms with Crippen LogP contribution in [0.15, 0.2) is 60.7 Å². The number of carbonyl (C=O) groups excluding carboxylic acids is 1. The lowest BCUT2D eigenvalue weighted by Crippen LogP contribution is -2.15. The highest BCUT2D eigenvalue weighted by atomic mass is 16.5. The van der Waals surface area contributed by atoms with Crippen molar-refractivity contribution in [1.82, 2.24) is 4.98 Å². The van der Waals surface area contributed by atoms with Gasteiger partial charge in [-0.15, -0.1) is 0 Å². The van der Waals surface area contributed by atoms with E-state index in [1.807, 2.05) is 49.4 Å². The van der Waals surface area contributed by atoms with Gasteiger partial charge in [0.2, 0.25) is 0 Å². The number of anilines is 2. The fourth-order valence-electron chi connectivity index (χ4n) is 2.99. The summed E-state index contributed by atoms with van der Waals surface area (Å²) < 4.78 is 6.09. The Labute approximate surface area is 171 Å². The largest absolute Gasteiger partial charge is 0.457 e. The van der Waals surface area contributed by atoms with E-state index >= 15 is 0 Å². The van der Waals surface area contributed by atoms with Gasteiger partial charge in [0.1, 0.15) is 17.3 Å². The predicted molar refractivity (Wildman–Crippen MR) is 117 cm³/mol. The zero-order valence-electron chi connectivity index (χ0n) is 17.1. The maximum absolute atomic E-state index is 12.4. The summed E-state index contributed by atoms with van der Waals surface area (Å²) in [5, 5.41) is 2.84. The third-order valence-corrected chi connectivity index (χ3v) is 4.89. The van der Waals surface area contributed by atoms with E-state index in [-0.39, 0.29) is 11.7 Å². The van der Waals surface area contributed by atoms with Gasteiger partial charge in [-0.2, -0.15) is 0 Å². The molecular formula is C24H27N3O2. The number of hydrogen-bond donors (Lipinski definition) is 2. The van der Waals surface area contributed by atoms with Gasteiger partial charge in [-0.3, -0.25) is 4.79 Å². The molecule has 0 aliphatic carbocycles. The molecule has 3 N–H and O–H groups in total. The van der Waals surface area contributed by atoms with Crippen molar-refractivity contribution in [3.8, 4) is 11.5 Å². The van der Waals surface area contributed by atoms with Crippen molar-refractivity contribution in [1.29, 1.82) is 0 Å². The molecule has 0 aliphatic rings. The van der Waals surface area contributed by atoms with Gasteiger partial charge in [-0.25, -0.2) is 4.98 Å². The standard InChI is InChI=1S/C24H27N3O2/c1-4-16(2)15-18-7-5-6-8-22(18)29-20-12-10-19(11-13-20)27-24(28)21-14-9-17(3)26-23(21)25/h5-14,16H,4,15H2,1-3H3,(H2,25,26)(H,27,28). The highest BCUT2D eigenvalue weighted by molar-refractivity contribution is 6.07. The molecule has 2 aromatic carbocycles. The molecule has 0 bridgehead atoms. The lowest BCUT2D eigenvalue weighted by Gasteiger charge is -2.14. The minimum atomic E-state index is -0.289. The number of carbonyl (C=O) groups is 1. The normalized spacial score (nSPS) is 11.7. The van der Waals surface area contributed by atoms with Gasteiger partial charge >= 0.3 is 0 Å². The average molecular weight is 389 g/mol. The topological polar surface area (TPSA) is 77.2 Å². The zero-order valence-corrected chi connectivity index (χ0v) is 17.1. The molecule has 0 saturated heterocycles. The minimum Gasteiger partial charge on any atom is -0.457 e. The maximum atomic E-state index is 12.4. The van der Waals surface area contributed by atoms with Gasteiger partial charge < -0.3 is 15.8 Å². The van der Waals surface area contributed by atoms with Crippen molar-refractivity contribution in [3.63, 3.8) is 0 Å². The number of rotatable bonds is 7. The lowest BCUT2D eigenvalue weighted by atomic mass is 9.98. The Bertz CT molecular complexity index is 984. The van der Waals surface area contributed by atoms with Crippen molar-refractivity contribution in [2.45, 2.75) is 33.6 Å². The first kappa shape index (κ1) is 20.4. The van der Waals surface area contributed by atoms with Crippen molar-refractivity contribution in [2.24, 2.45) is 5.92 Å². The van der Waals surface area contributed by atoms with E-state index in [2.05, 4.69) is 30.2 Å². The number of nitrogens with one attached hydrogen (secondary N) is 1. The van der Waals surface area contributed by atoms with E-state index in [4.69, 9.17) is 10.5 Å². The fourth-order valence-corrected chi connectivity index (χ4v) is 2.99. The molecule has 0 aliphatic heterocycles. The second-order valence-corrected chi connectivity index (χ2v) is 7.29. The van der Waals surface area contributed by atoms with E-state index in [0.717, 1.165) is 30.0 Å². The molecule has 1 aromatic heterocycles. The first-order valence-corrected chi connectivity index (χ1v) is 9.86. The monoisotopic (exact) mass is 389 g/mol. The van der Waals surface area contributed by atoms with Crippen molar-refractivity contribution < 1.29 is 9.53 Å². The second kappa shape index (κ2) is 9.24. The molecule has 0 spiro atoms. The Morgan fingerprint density at radius 3 is 2.52 bits per heavy atom. The van der Waals surface area contributed by atoms with Crippen LogP contribution in [0.2, 0.25) is 0 Å². The Morgan fingerprint density at radius 1 is 1.10 bits per heavy atom. The quantitative estimate of drug-likeness (QED) is 0.551. The van der Waals surface area contributed by atoms with Crippen LogP contribution in [0.4, 0.5) is 11.5 Å². The molecule has 0 fully saturated rings. The number of nitrogen functional groups attached to an aromatic ring is 1. The molecule has 1 unspecified atom stereocenters. The van der Waals surface area contributed by atoms with Gasteiger partial charge in [-0.05, 0) is 67.3 Å². The molecule has 5 heteroatoms. The average Bonchev–Trinajstić information content (AvgIpc) is 2.70. The third-order valence-electron chi connectivity index (χ3n) is 4.89. The number of aryl methyl sites for hydroxylation is 1. The van der Waals surface area contributed by atoms with Crippen molar-refractivity contribution >= 4 is 17.4 Å². The molecule has 3 aromatic rings. The molecule has 1 amide bonds. The summed E-state index contributed by atoms with van der Waals surface area (Å²) in [7, 11) is 0. The number of ether oxygens (including phenoxy) is 1. The van der Waals surface area contributed by atoms with E-state index < -0.39 is 0 Å². The minimum absolute atomic E-state index is 0.223. The first-order chi connectivity index (χ1) is 14.0. The van der Waals surface area contributed by atoms with Crippen molar-refractivity contribution in [3.05, 3.63) is 77.5 Å². The maximum Gasteiger partial charge on any atom is 0.259 e. The number of pyridine rings is 1. The predicted octanol–water partition coefficient (Wildman–Crippen LogP) is 5.61. The second-order valence-electron chi connectivity index (χ2n) is 7.29. The molecule has 150 valence electrons. The van der Waals surface area contributed by atoms with Crippen LogP contribution in [0, 0.1) is 12.8 Å². The van der Waals surface area contributed by atoms with Crippen LogP contribution in [-0.2, 0) is 6.42 Å². The van der Waals surface area contributed by atoms with Crippen LogP contribution in [0.25, 0.3) is 0 Å². The van der Waals surface area contributed by atoms with Crippen LogP contribution in [0.3, 0.4) is 0 Å². The van der Waals surface area contributed by atoms with E-state index in [1.54, 1.807) is 12.1 Å². The van der Waals surface area contributed by atoms with Gasteiger partial charge in [0.05, 0.1) is 5.56 Å². The number of nitrogens with zero attached hydrogens (tertiary/aromatic N) is 1. The molecular weight excluding hydrogens is 362 g/mol. The van der Waals surface area contributed by atoms with E-state index in [9.17, 15) is 4.79 Å². The first-order valence-electron chi connectivity index (χ1n) is 9.86. The Morgan fingerprint density at radius 2 is 1.83 bits per heavy atom. The summed E-state index contributed by atoms with van der Waals surface area (Å²) in [6, 6.07) is 18.8. The van der Waals surface area contributed by atoms with Gasteiger partial charge in [0, 0.05) is 11.4 Å². The number of aromatic nitrogens is 1. The van der Waals surface area contributed by atoms with Crippen LogP contribution in [0.5, 0.6) is 11.5 Å². The Kier molecular flexibility index (Phi) is 6.50. The highest BCUT2D eigenvalue weighted by Gasteiger charge is 2.12. The number of amides is 1. The highest BCUT2D eigenvalue weighted by Crippen LogP contribution is 2.28. The van der Waals surface area contributed by atoms with Crippen LogP contribution >= 0.6 is 0 Å². The molecule has 29 heavy (non-hydrogen) atoms. The Balaban J connectivity index is 1.69.